The maximum Gasteiger partial charge on any atom is 0.145 e. The molecule has 0 aromatic heterocycles. The van der Waals surface area contributed by atoms with Gasteiger partial charge in [0, 0.05) is 10.0 Å². The zero-order valence-electron chi connectivity index (χ0n) is 11.9. The molecule has 0 spiro atoms. The third kappa shape index (κ3) is 3.20. The van der Waals surface area contributed by atoms with Crippen LogP contribution in [0.4, 0.5) is 8.78 Å². The van der Waals surface area contributed by atoms with E-state index in [1.165, 1.54) is 12.1 Å². The first kappa shape index (κ1) is 16.6. The van der Waals surface area contributed by atoms with Crippen LogP contribution < -0.4 is 5.32 Å². The third-order valence-corrected chi connectivity index (χ3v) is 5.31. The lowest BCUT2D eigenvalue weighted by molar-refractivity contribution is 0.518. The van der Waals surface area contributed by atoms with Crippen LogP contribution in [0.15, 0.2) is 33.2 Å². The molecule has 1 unspecified atom stereocenters. The molecule has 2 aromatic carbocycles. The van der Waals surface area contributed by atoms with Crippen molar-refractivity contribution in [3.05, 3.63) is 67.1 Å². The minimum atomic E-state index is -0.576. The highest BCUT2D eigenvalue weighted by molar-refractivity contribution is 9.10. The molecular weight excluding hydrogens is 404 g/mol. The lowest BCUT2D eigenvalue weighted by Gasteiger charge is -2.21. The standard InChI is InChI=1S/C16H15Br2F2N/c1-8-6-10(7-9(2)14(8)18)16(21-3)13-12(19)5-4-11(17)15(13)20/h4-7,16,21H,1-3H3. The second-order valence-electron chi connectivity index (χ2n) is 4.95. The van der Waals surface area contributed by atoms with Crippen LogP contribution in [0, 0.1) is 25.5 Å². The number of hydrogen-bond acceptors (Lipinski definition) is 1. The zero-order chi connectivity index (χ0) is 15.7. The predicted molar refractivity (Wildman–Crippen MR) is 88.6 cm³/mol. The summed E-state index contributed by atoms with van der Waals surface area (Å²) >= 11 is 6.62. The molecule has 0 aliphatic heterocycles. The molecule has 0 saturated heterocycles. The fourth-order valence-corrected chi connectivity index (χ4v) is 3.01. The van der Waals surface area contributed by atoms with Crippen molar-refractivity contribution in [1.29, 1.82) is 0 Å². The summed E-state index contributed by atoms with van der Waals surface area (Å²) in [5, 5.41) is 3.00. The molecular formula is C16H15Br2F2N. The molecule has 0 aliphatic rings. The summed E-state index contributed by atoms with van der Waals surface area (Å²) < 4.78 is 29.7. The van der Waals surface area contributed by atoms with Crippen LogP contribution in [-0.4, -0.2) is 7.05 Å². The van der Waals surface area contributed by atoms with E-state index in [1.54, 1.807) is 7.05 Å². The molecule has 0 fully saturated rings. The Morgan fingerprint density at radius 3 is 2.14 bits per heavy atom. The van der Waals surface area contributed by atoms with E-state index in [9.17, 15) is 8.78 Å². The predicted octanol–water partition coefficient (Wildman–Crippen LogP) is 5.42. The fraction of sp³-hybridized carbons (Fsp3) is 0.250. The van der Waals surface area contributed by atoms with Crippen molar-refractivity contribution in [1.82, 2.24) is 5.32 Å². The number of halogens is 4. The van der Waals surface area contributed by atoms with Gasteiger partial charge in [-0.05, 0) is 65.6 Å². The molecule has 2 rings (SSSR count). The van der Waals surface area contributed by atoms with Crippen molar-refractivity contribution >= 4 is 31.9 Å². The van der Waals surface area contributed by atoms with Gasteiger partial charge in [-0.1, -0.05) is 28.1 Å². The van der Waals surface area contributed by atoms with Gasteiger partial charge >= 0.3 is 0 Å². The maximum atomic E-state index is 14.3. The average molecular weight is 419 g/mol. The summed E-state index contributed by atoms with van der Waals surface area (Å²) in [6.07, 6.45) is 0. The van der Waals surface area contributed by atoms with Crippen LogP contribution in [-0.2, 0) is 0 Å². The van der Waals surface area contributed by atoms with E-state index < -0.39 is 17.7 Å². The maximum absolute atomic E-state index is 14.3. The molecule has 5 heteroatoms. The molecule has 0 radical (unpaired) electrons. The molecule has 0 bridgehead atoms. The van der Waals surface area contributed by atoms with Crippen molar-refractivity contribution in [3.8, 4) is 0 Å². The highest BCUT2D eigenvalue weighted by Gasteiger charge is 2.23. The Balaban J connectivity index is 2.63. The molecule has 21 heavy (non-hydrogen) atoms. The molecule has 0 heterocycles. The molecule has 2 aromatic rings. The number of benzene rings is 2. The summed E-state index contributed by atoms with van der Waals surface area (Å²) in [4.78, 5) is 0. The average Bonchev–Trinajstić information content (AvgIpc) is 2.44. The fourth-order valence-electron chi connectivity index (χ4n) is 2.43. The second-order valence-corrected chi connectivity index (χ2v) is 6.59. The van der Waals surface area contributed by atoms with Crippen LogP contribution in [0.3, 0.4) is 0 Å². The van der Waals surface area contributed by atoms with E-state index in [0.29, 0.717) is 0 Å². The van der Waals surface area contributed by atoms with Gasteiger partial charge in [0.1, 0.15) is 11.6 Å². The van der Waals surface area contributed by atoms with Crippen molar-refractivity contribution < 1.29 is 8.78 Å². The Kier molecular flexibility index (Phi) is 5.17. The molecule has 1 atom stereocenters. The van der Waals surface area contributed by atoms with Crippen molar-refractivity contribution in [2.45, 2.75) is 19.9 Å². The second kappa shape index (κ2) is 6.55. The SMILES string of the molecule is CNC(c1cc(C)c(Br)c(C)c1)c1c(F)ccc(Br)c1F. The number of nitrogens with one attached hydrogen (secondary N) is 1. The molecule has 1 nitrogen and oxygen atoms in total. The van der Waals surface area contributed by atoms with Crippen LogP contribution in [0.1, 0.15) is 28.3 Å². The van der Waals surface area contributed by atoms with Crippen molar-refractivity contribution in [3.63, 3.8) is 0 Å². The Bertz CT molecular complexity index is 663. The molecule has 0 saturated carbocycles. The van der Waals surface area contributed by atoms with Gasteiger partial charge in [0.05, 0.1) is 10.5 Å². The van der Waals surface area contributed by atoms with Crippen molar-refractivity contribution in [2.24, 2.45) is 0 Å². The van der Waals surface area contributed by atoms with Crippen molar-refractivity contribution in [2.75, 3.05) is 7.05 Å². The van der Waals surface area contributed by atoms with Gasteiger partial charge in [0.15, 0.2) is 0 Å². The number of rotatable bonds is 3. The normalized spacial score (nSPS) is 12.5. The smallest absolute Gasteiger partial charge is 0.145 e. The van der Waals surface area contributed by atoms with E-state index in [1.807, 2.05) is 26.0 Å². The van der Waals surface area contributed by atoms with Gasteiger partial charge in [0.25, 0.3) is 0 Å². The largest absolute Gasteiger partial charge is 0.309 e. The van der Waals surface area contributed by atoms with Gasteiger partial charge in [-0.2, -0.15) is 0 Å². The van der Waals surface area contributed by atoms with Gasteiger partial charge in [-0.3, -0.25) is 0 Å². The highest BCUT2D eigenvalue weighted by atomic mass is 79.9. The summed E-state index contributed by atoms with van der Waals surface area (Å²) in [6.45, 7) is 3.92. The first-order valence-corrected chi connectivity index (χ1v) is 8.02. The first-order valence-electron chi connectivity index (χ1n) is 6.44. The number of hydrogen-bond donors (Lipinski definition) is 1. The molecule has 0 amide bonds. The molecule has 112 valence electrons. The van der Waals surface area contributed by atoms with Gasteiger partial charge in [-0.15, -0.1) is 0 Å². The topological polar surface area (TPSA) is 12.0 Å². The quantitative estimate of drug-likeness (QED) is 0.656. The molecule has 1 N–H and O–H groups in total. The van der Waals surface area contributed by atoms with Crippen LogP contribution in [0.2, 0.25) is 0 Å². The Morgan fingerprint density at radius 1 is 1.05 bits per heavy atom. The van der Waals surface area contributed by atoms with E-state index in [0.717, 1.165) is 21.2 Å². The first-order chi connectivity index (χ1) is 9.86. The van der Waals surface area contributed by atoms with Gasteiger partial charge < -0.3 is 5.32 Å². The summed E-state index contributed by atoms with van der Waals surface area (Å²) in [5.74, 6) is -1.14. The lowest BCUT2D eigenvalue weighted by Crippen LogP contribution is -2.21. The van der Waals surface area contributed by atoms with E-state index in [2.05, 4.69) is 37.2 Å². The van der Waals surface area contributed by atoms with Crippen LogP contribution in [0.25, 0.3) is 0 Å². The highest BCUT2D eigenvalue weighted by Crippen LogP contribution is 2.33. The van der Waals surface area contributed by atoms with E-state index in [-0.39, 0.29) is 10.0 Å². The zero-order valence-corrected chi connectivity index (χ0v) is 15.1. The monoisotopic (exact) mass is 417 g/mol. The Labute approximate surface area is 140 Å². The van der Waals surface area contributed by atoms with Crippen LogP contribution >= 0.6 is 31.9 Å². The lowest BCUT2D eigenvalue weighted by atomic mass is 9.95. The summed E-state index contributed by atoms with van der Waals surface area (Å²) in [5.41, 5.74) is 2.90. The van der Waals surface area contributed by atoms with Crippen LogP contribution in [0.5, 0.6) is 0 Å². The Hall–Kier alpha value is -0.780. The van der Waals surface area contributed by atoms with E-state index >= 15 is 0 Å². The number of aryl methyl sites for hydroxylation is 2. The molecule has 0 aliphatic carbocycles. The van der Waals surface area contributed by atoms with Gasteiger partial charge in [-0.25, -0.2) is 8.78 Å². The minimum absolute atomic E-state index is 0.0213. The van der Waals surface area contributed by atoms with Gasteiger partial charge in [0.2, 0.25) is 0 Å². The summed E-state index contributed by atoms with van der Waals surface area (Å²) in [7, 11) is 1.69. The summed E-state index contributed by atoms with van der Waals surface area (Å²) in [6, 6.07) is 5.95. The van der Waals surface area contributed by atoms with E-state index in [4.69, 9.17) is 0 Å². The Morgan fingerprint density at radius 2 is 1.62 bits per heavy atom. The minimum Gasteiger partial charge on any atom is -0.309 e. The third-order valence-electron chi connectivity index (χ3n) is 3.45.